The van der Waals surface area contributed by atoms with Crippen LogP contribution in [0.15, 0.2) is 48.7 Å². The highest BCUT2D eigenvalue weighted by Crippen LogP contribution is 2.12. The number of amides is 1. The van der Waals surface area contributed by atoms with Gasteiger partial charge in [-0.3, -0.25) is 4.79 Å². The largest absolute Gasteiger partial charge is 0.446 e. The molecular formula is C15H18N3O2+. The summed E-state index contributed by atoms with van der Waals surface area (Å²) in [6.45, 7) is 0. The molecule has 0 aliphatic carbocycles. The molecule has 0 aliphatic heterocycles. The summed E-state index contributed by atoms with van der Waals surface area (Å²) in [6.07, 6.45) is 1.73. The summed E-state index contributed by atoms with van der Waals surface area (Å²) in [5.41, 5.74) is 4.40. The second-order valence-electron chi connectivity index (χ2n) is 4.50. The molecule has 0 bridgehead atoms. The molecule has 1 aromatic heterocycles. The molecule has 104 valence electrons. The first-order chi connectivity index (χ1) is 9.61. The van der Waals surface area contributed by atoms with Gasteiger partial charge in [0.15, 0.2) is 0 Å². The Kier molecular flexibility index (Phi) is 4.20. The number of nitrogens with zero attached hydrogens (tertiary/aromatic N) is 2. The van der Waals surface area contributed by atoms with Crippen LogP contribution in [0.3, 0.4) is 0 Å². The third kappa shape index (κ3) is 3.06. The first kappa shape index (κ1) is 13.9. The molecule has 0 atom stereocenters. The summed E-state index contributed by atoms with van der Waals surface area (Å²) in [4.78, 5) is 14.1. The minimum absolute atomic E-state index is 0.190. The van der Waals surface area contributed by atoms with Gasteiger partial charge in [0.2, 0.25) is 6.20 Å². The molecule has 0 saturated carbocycles. The standard InChI is InChI=1S/C15H17N3O2/c1-17(2)13-9-7-12(8-10-13)15(19)16-18-11-5-4-6-14(18)20-3/h4-11H,1-3H3/p+1. The zero-order chi connectivity index (χ0) is 14.5. The molecule has 5 nitrogen and oxygen atoms in total. The van der Waals surface area contributed by atoms with E-state index < -0.39 is 0 Å². The van der Waals surface area contributed by atoms with Crippen LogP contribution < -0.4 is 19.7 Å². The van der Waals surface area contributed by atoms with Gasteiger partial charge in [-0.05, 0) is 35.0 Å². The Balaban J connectivity index is 2.15. The van der Waals surface area contributed by atoms with Gasteiger partial charge >= 0.3 is 11.8 Å². The van der Waals surface area contributed by atoms with Gasteiger partial charge in [0, 0.05) is 31.4 Å². The topological polar surface area (TPSA) is 45.5 Å². The van der Waals surface area contributed by atoms with E-state index in [-0.39, 0.29) is 5.91 Å². The van der Waals surface area contributed by atoms with E-state index in [1.807, 2.05) is 43.3 Å². The molecule has 2 aromatic rings. The van der Waals surface area contributed by atoms with Gasteiger partial charge in [-0.15, -0.1) is 5.43 Å². The van der Waals surface area contributed by atoms with Crippen molar-refractivity contribution in [1.82, 2.24) is 0 Å². The summed E-state index contributed by atoms with van der Waals surface area (Å²) in [7, 11) is 5.48. The van der Waals surface area contributed by atoms with Gasteiger partial charge in [-0.2, -0.15) is 0 Å². The predicted octanol–water partition coefficient (Wildman–Crippen LogP) is 1.43. The fourth-order valence-electron chi connectivity index (χ4n) is 1.77. The normalized spacial score (nSPS) is 9.95. The zero-order valence-electron chi connectivity index (χ0n) is 11.8. The fourth-order valence-corrected chi connectivity index (χ4v) is 1.77. The molecule has 1 heterocycles. The van der Waals surface area contributed by atoms with Gasteiger partial charge in [0.25, 0.3) is 0 Å². The fraction of sp³-hybridized carbons (Fsp3) is 0.200. The molecule has 0 radical (unpaired) electrons. The second-order valence-corrected chi connectivity index (χ2v) is 4.50. The predicted molar refractivity (Wildman–Crippen MR) is 77.6 cm³/mol. The first-order valence-electron chi connectivity index (χ1n) is 6.25. The Morgan fingerprint density at radius 1 is 1.15 bits per heavy atom. The molecule has 5 heteroatoms. The minimum atomic E-state index is -0.190. The number of methoxy groups -OCH3 is 1. The molecule has 0 spiro atoms. The van der Waals surface area contributed by atoms with Crippen molar-refractivity contribution in [2.24, 2.45) is 0 Å². The summed E-state index contributed by atoms with van der Waals surface area (Å²) < 4.78 is 6.72. The first-order valence-corrected chi connectivity index (χ1v) is 6.25. The number of carbonyl (C=O) groups is 1. The van der Waals surface area contributed by atoms with Crippen LogP contribution in [0.1, 0.15) is 10.4 Å². The van der Waals surface area contributed by atoms with Gasteiger partial charge < -0.3 is 9.64 Å². The molecule has 0 saturated heterocycles. The number of benzene rings is 1. The lowest BCUT2D eigenvalue weighted by molar-refractivity contribution is -0.647. The van der Waals surface area contributed by atoms with Gasteiger partial charge in [-0.25, -0.2) is 0 Å². The van der Waals surface area contributed by atoms with Gasteiger partial charge in [0.1, 0.15) is 0 Å². The van der Waals surface area contributed by atoms with Crippen molar-refractivity contribution in [1.29, 1.82) is 0 Å². The summed E-state index contributed by atoms with van der Waals surface area (Å²) in [5, 5.41) is 0. The van der Waals surface area contributed by atoms with Crippen LogP contribution in [0.2, 0.25) is 0 Å². The lowest BCUT2D eigenvalue weighted by Gasteiger charge is -2.12. The highest BCUT2D eigenvalue weighted by molar-refractivity contribution is 5.99. The van der Waals surface area contributed by atoms with E-state index in [0.29, 0.717) is 11.4 Å². The summed E-state index contributed by atoms with van der Waals surface area (Å²) in [5.74, 6) is 0.371. The van der Waals surface area contributed by atoms with Crippen molar-refractivity contribution in [3.05, 3.63) is 54.2 Å². The summed E-state index contributed by atoms with van der Waals surface area (Å²) >= 11 is 0. The maximum absolute atomic E-state index is 12.2. The van der Waals surface area contributed by atoms with Crippen molar-refractivity contribution in [3.63, 3.8) is 0 Å². The second kappa shape index (κ2) is 6.06. The van der Waals surface area contributed by atoms with Crippen LogP contribution in [0.25, 0.3) is 0 Å². The van der Waals surface area contributed by atoms with E-state index in [4.69, 9.17) is 4.74 Å². The number of nitrogens with one attached hydrogen (secondary N) is 1. The Morgan fingerprint density at radius 3 is 2.45 bits per heavy atom. The zero-order valence-corrected chi connectivity index (χ0v) is 11.8. The average Bonchev–Trinajstić information content (AvgIpc) is 2.48. The number of hydrogen-bond acceptors (Lipinski definition) is 3. The lowest BCUT2D eigenvalue weighted by atomic mass is 10.2. The smallest absolute Gasteiger partial charge is 0.396 e. The highest BCUT2D eigenvalue weighted by atomic mass is 16.5. The number of anilines is 1. The molecular weight excluding hydrogens is 254 g/mol. The number of pyridine rings is 1. The van der Waals surface area contributed by atoms with E-state index in [1.54, 1.807) is 36.2 Å². The Bertz CT molecular complexity index is 594. The van der Waals surface area contributed by atoms with Crippen molar-refractivity contribution < 1.29 is 14.2 Å². The van der Waals surface area contributed by atoms with Crippen LogP contribution in [-0.4, -0.2) is 27.1 Å². The van der Waals surface area contributed by atoms with Crippen LogP contribution >= 0.6 is 0 Å². The Hall–Kier alpha value is -2.56. The number of ether oxygens (including phenoxy) is 1. The lowest BCUT2D eigenvalue weighted by Crippen LogP contribution is -2.48. The van der Waals surface area contributed by atoms with Gasteiger partial charge in [0.05, 0.1) is 13.2 Å². The van der Waals surface area contributed by atoms with Crippen LogP contribution in [0.4, 0.5) is 5.69 Å². The monoisotopic (exact) mass is 272 g/mol. The quantitative estimate of drug-likeness (QED) is 0.857. The van der Waals surface area contributed by atoms with Crippen LogP contribution in [0.5, 0.6) is 5.88 Å². The summed E-state index contributed by atoms with van der Waals surface area (Å²) in [6, 6.07) is 12.8. The maximum atomic E-state index is 12.2. The maximum Gasteiger partial charge on any atom is 0.396 e. The number of carbonyl (C=O) groups excluding carboxylic acids is 1. The minimum Gasteiger partial charge on any atom is -0.446 e. The van der Waals surface area contributed by atoms with E-state index in [2.05, 4.69) is 5.43 Å². The molecule has 2 rings (SSSR count). The molecule has 0 fully saturated rings. The third-order valence-corrected chi connectivity index (χ3v) is 2.90. The Morgan fingerprint density at radius 2 is 1.85 bits per heavy atom. The molecule has 1 N–H and O–H groups in total. The van der Waals surface area contributed by atoms with Crippen LogP contribution in [-0.2, 0) is 0 Å². The highest BCUT2D eigenvalue weighted by Gasteiger charge is 2.15. The van der Waals surface area contributed by atoms with E-state index in [1.165, 1.54) is 0 Å². The van der Waals surface area contributed by atoms with E-state index in [0.717, 1.165) is 5.69 Å². The SMILES string of the molecule is COc1cccc[n+]1NC(=O)c1ccc(N(C)C)cc1. The van der Waals surface area contributed by atoms with E-state index in [9.17, 15) is 4.79 Å². The van der Waals surface area contributed by atoms with Crippen molar-refractivity contribution >= 4 is 11.6 Å². The molecule has 0 unspecified atom stereocenters. The average molecular weight is 272 g/mol. The van der Waals surface area contributed by atoms with E-state index >= 15 is 0 Å². The Labute approximate surface area is 118 Å². The molecule has 20 heavy (non-hydrogen) atoms. The van der Waals surface area contributed by atoms with Crippen molar-refractivity contribution in [2.75, 3.05) is 31.5 Å². The molecule has 1 amide bonds. The number of rotatable bonds is 4. The number of aromatic nitrogens is 1. The third-order valence-electron chi connectivity index (χ3n) is 2.90. The van der Waals surface area contributed by atoms with Crippen molar-refractivity contribution in [2.45, 2.75) is 0 Å². The van der Waals surface area contributed by atoms with Gasteiger partial charge in [-0.1, -0.05) is 0 Å². The van der Waals surface area contributed by atoms with Crippen LogP contribution in [0, 0.1) is 0 Å². The van der Waals surface area contributed by atoms with Crippen molar-refractivity contribution in [3.8, 4) is 5.88 Å². The molecule has 1 aromatic carbocycles. The molecule has 0 aliphatic rings. The number of hydrogen-bond donors (Lipinski definition) is 1.